The number of aryl methyl sites for hydroxylation is 1. The number of aromatic nitrogens is 1. The number of ether oxygens (including phenoxy) is 1. The molecule has 88 valence electrons. The quantitative estimate of drug-likeness (QED) is 0.805. The lowest BCUT2D eigenvalue weighted by atomic mass is 10.3. The summed E-state index contributed by atoms with van der Waals surface area (Å²) in [6, 6.07) is 3.64. The maximum Gasteiger partial charge on any atom is 0.317 e. The number of aliphatic carboxylic acids is 1. The third-order valence-electron chi connectivity index (χ3n) is 2.05. The first-order valence-corrected chi connectivity index (χ1v) is 4.93. The van der Waals surface area contributed by atoms with E-state index < -0.39 is 5.97 Å². The van der Waals surface area contributed by atoms with Gasteiger partial charge >= 0.3 is 5.97 Å². The largest absolute Gasteiger partial charge is 0.497 e. The van der Waals surface area contributed by atoms with Gasteiger partial charge in [0.1, 0.15) is 5.75 Å². The van der Waals surface area contributed by atoms with Crippen molar-refractivity contribution in [3.63, 3.8) is 0 Å². The van der Waals surface area contributed by atoms with Crippen molar-refractivity contribution in [2.45, 2.75) is 13.5 Å². The molecule has 0 aliphatic rings. The highest BCUT2D eigenvalue weighted by Crippen LogP contribution is 2.14. The van der Waals surface area contributed by atoms with Crippen LogP contribution in [0.1, 0.15) is 11.4 Å². The molecule has 1 rings (SSSR count). The number of pyridine rings is 1. The Morgan fingerprint density at radius 1 is 1.56 bits per heavy atom. The molecule has 0 saturated heterocycles. The average molecular weight is 224 g/mol. The molecule has 1 aromatic heterocycles. The molecule has 16 heavy (non-hydrogen) atoms. The molecule has 1 heterocycles. The van der Waals surface area contributed by atoms with Gasteiger partial charge in [0.05, 0.1) is 19.3 Å². The molecule has 0 fully saturated rings. The number of hydrogen-bond donors (Lipinski definition) is 1. The fourth-order valence-electron chi connectivity index (χ4n) is 1.47. The summed E-state index contributed by atoms with van der Waals surface area (Å²) in [4.78, 5) is 16.5. The minimum atomic E-state index is -0.845. The van der Waals surface area contributed by atoms with E-state index in [1.165, 1.54) is 0 Å². The summed E-state index contributed by atoms with van der Waals surface area (Å²) < 4.78 is 5.12. The molecule has 0 unspecified atom stereocenters. The SMILES string of the molecule is COc1cc(C)nc(CN(C)CC(=O)O)c1. The van der Waals surface area contributed by atoms with Crippen LogP contribution in [-0.2, 0) is 11.3 Å². The third kappa shape index (κ3) is 3.86. The van der Waals surface area contributed by atoms with E-state index in [-0.39, 0.29) is 6.54 Å². The molecule has 0 aliphatic heterocycles. The van der Waals surface area contributed by atoms with Crippen molar-refractivity contribution in [2.24, 2.45) is 0 Å². The topological polar surface area (TPSA) is 62.7 Å². The van der Waals surface area contributed by atoms with Crippen LogP contribution in [0.3, 0.4) is 0 Å². The van der Waals surface area contributed by atoms with Crippen LogP contribution >= 0.6 is 0 Å². The van der Waals surface area contributed by atoms with E-state index in [2.05, 4.69) is 4.98 Å². The Morgan fingerprint density at radius 2 is 2.25 bits per heavy atom. The van der Waals surface area contributed by atoms with Crippen molar-refractivity contribution in [1.29, 1.82) is 0 Å². The molecule has 5 heteroatoms. The number of rotatable bonds is 5. The molecule has 0 amide bonds. The lowest BCUT2D eigenvalue weighted by Crippen LogP contribution is -2.25. The number of hydrogen-bond acceptors (Lipinski definition) is 4. The van der Waals surface area contributed by atoms with E-state index in [1.54, 1.807) is 19.1 Å². The Morgan fingerprint density at radius 3 is 2.81 bits per heavy atom. The van der Waals surface area contributed by atoms with Gasteiger partial charge in [0.15, 0.2) is 0 Å². The van der Waals surface area contributed by atoms with Gasteiger partial charge in [0.2, 0.25) is 0 Å². The van der Waals surface area contributed by atoms with Gasteiger partial charge in [-0.15, -0.1) is 0 Å². The Labute approximate surface area is 94.7 Å². The second-order valence-electron chi connectivity index (χ2n) is 3.71. The second kappa shape index (κ2) is 5.46. The van der Waals surface area contributed by atoms with E-state index in [9.17, 15) is 4.79 Å². The molecule has 0 radical (unpaired) electrons. The lowest BCUT2D eigenvalue weighted by molar-refractivity contribution is -0.138. The Balaban J connectivity index is 2.72. The van der Waals surface area contributed by atoms with Crippen molar-refractivity contribution in [2.75, 3.05) is 20.7 Å². The van der Waals surface area contributed by atoms with E-state index in [0.29, 0.717) is 6.54 Å². The van der Waals surface area contributed by atoms with E-state index in [1.807, 2.05) is 19.1 Å². The number of methoxy groups -OCH3 is 1. The van der Waals surface area contributed by atoms with E-state index in [0.717, 1.165) is 17.1 Å². The predicted octanol–water partition coefficient (Wildman–Crippen LogP) is 0.915. The molecule has 1 N–H and O–H groups in total. The van der Waals surface area contributed by atoms with Crippen molar-refractivity contribution in [1.82, 2.24) is 9.88 Å². The normalized spacial score (nSPS) is 10.5. The fraction of sp³-hybridized carbons (Fsp3) is 0.455. The van der Waals surface area contributed by atoms with Crippen LogP contribution in [0.4, 0.5) is 0 Å². The third-order valence-corrected chi connectivity index (χ3v) is 2.05. The molecule has 0 aromatic carbocycles. The van der Waals surface area contributed by atoms with Crippen LogP contribution in [0.5, 0.6) is 5.75 Å². The molecule has 0 saturated carbocycles. The number of likely N-dealkylation sites (N-methyl/N-ethyl adjacent to an activating group) is 1. The van der Waals surface area contributed by atoms with Gasteiger partial charge in [0.25, 0.3) is 0 Å². The smallest absolute Gasteiger partial charge is 0.317 e. The fourth-order valence-corrected chi connectivity index (χ4v) is 1.47. The van der Waals surface area contributed by atoms with Gasteiger partial charge in [-0.05, 0) is 14.0 Å². The lowest BCUT2D eigenvalue weighted by Gasteiger charge is -2.14. The highest BCUT2D eigenvalue weighted by atomic mass is 16.5. The summed E-state index contributed by atoms with van der Waals surface area (Å²) in [5.41, 5.74) is 1.67. The average Bonchev–Trinajstić information content (AvgIpc) is 2.14. The Kier molecular flexibility index (Phi) is 4.25. The molecule has 0 spiro atoms. The minimum Gasteiger partial charge on any atom is -0.497 e. The molecule has 1 aromatic rings. The zero-order chi connectivity index (χ0) is 12.1. The van der Waals surface area contributed by atoms with Crippen molar-refractivity contribution >= 4 is 5.97 Å². The monoisotopic (exact) mass is 224 g/mol. The number of carboxylic acid groups (broad SMARTS) is 1. The van der Waals surface area contributed by atoms with Crippen LogP contribution < -0.4 is 4.74 Å². The van der Waals surface area contributed by atoms with Gasteiger partial charge in [0, 0.05) is 24.4 Å². The van der Waals surface area contributed by atoms with Crippen LogP contribution in [-0.4, -0.2) is 41.7 Å². The summed E-state index contributed by atoms with van der Waals surface area (Å²) in [7, 11) is 3.34. The van der Waals surface area contributed by atoms with E-state index in [4.69, 9.17) is 9.84 Å². The minimum absolute atomic E-state index is 0.00205. The summed E-state index contributed by atoms with van der Waals surface area (Å²) in [5, 5.41) is 8.63. The Hall–Kier alpha value is -1.62. The molecular formula is C11H16N2O3. The highest BCUT2D eigenvalue weighted by Gasteiger charge is 2.07. The first-order chi connectivity index (χ1) is 7.51. The van der Waals surface area contributed by atoms with Gasteiger partial charge < -0.3 is 9.84 Å². The van der Waals surface area contributed by atoms with Crippen molar-refractivity contribution < 1.29 is 14.6 Å². The standard InChI is InChI=1S/C11H16N2O3/c1-8-4-10(16-3)5-9(12-8)6-13(2)7-11(14)15/h4-5H,6-7H2,1-3H3,(H,14,15). The predicted molar refractivity (Wildman–Crippen MR) is 59.5 cm³/mol. The number of carboxylic acids is 1. The van der Waals surface area contributed by atoms with E-state index >= 15 is 0 Å². The number of nitrogens with zero attached hydrogens (tertiary/aromatic N) is 2. The summed E-state index contributed by atoms with van der Waals surface area (Å²) >= 11 is 0. The second-order valence-corrected chi connectivity index (χ2v) is 3.71. The molecular weight excluding hydrogens is 208 g/mol. The van der Waals surface area contributed by atoms with Gasteiger partial charge in [-0.25, -0.2) is 0 Å². The maximum absolute atomic E-state index is 10.5. The number of carbonyl (C=O) groups is 1. The van der Waals surface area contributed by atoms with Crippen LogP contribution in [0, 0.1) is 6.92 Å². The van der Waals surface area contributed by atoms with Gasteiger partial charge in [-0.3, -0.25) is 14.7 Å². The van der Waals surface area contributed by atoms with Crippen LogP contribution in [0.15, 0.2) is 12.1 Å². The summed E-state index contributed by atoms with van der Waals surface area (Å²) in [6.45, 7) is 2.37. The first-order valence-electron chi connectivity index (χ1n) is 4.93. The zero-order valence-corrected chi connectivity index (χ0v) is 9.73. The molecule has 5 nitrogen and oxygen atoms in total. The Bertz CT molecular complexity index is 379. The van der Waals surface area contributed by atoms with Crippen LogP contribution in [0.2, 0.25) is 0 Å². The molecule has 0 bridgehead atoms. The van der Waals surface area contributed by atoms with Gasteiger partial charge in [-0.1, -0.05) is 0 Å². The summed E-state index contributed by atoms with van der Waals surface area (Å²) in [6.07, 6.45) is 0. The van der Waals surface area contributed by atoms with Crippen molar-refractivity contribution in [3.05, 3.63) is 23.5 Å². The zero-order valence-electron chi connectivity index (χ0n) is 9.73. The molecule has 0 atom stereocenters. The highest BCUT2D eigenvalue weighted by molar-refractivity contribution is 5.69. The van der Waals surface area contributed by atoms with Gasteiger partial charge in [-0.2, -0.15) is 0 Å². The maximum atomic E-state index is 10.5. The van der Waals surface area contributed by atoms with Crippen LogP contribution in [0.25, 0.3) is 0 Å². The van der Waals surface area contributed by atoms with Crippen molar-refractivity contribution in [3.8, 4) is 5.75 Å². The first kappa shape index (κ1) is 12.4. The molecule has 0 aliphatic carbocycles. The summed E-state index contributed by atoms with van der Waals surface area (Å²) in [5.74, 6) is -0.103.